The molecule has 1 aromatic carbocycles. The predicted octanol–water partition coefficient (Wildman–Crippen LogP) is 0.0383. The molecule has 0 saturated heterocycles. The highest BCUT2D eigenvalue weighted by atomic mass is 16.5. The molecule has 0 spiro atoms. The summed E-state index contributed by atoms with van der Waals surface area (Å²) in [6.45, 7) is -0.575. The topological polar surface area (TPSA) is 98.5 Å². The Morgan fingerprint density at radius 1 is 1.19 bits per heavy atom. The van der Waals surface area contributed by atoms with Crippen LogP contribution in [0.25, 0.3) is 0 Å². The van der Waals surface area contributed by atoms with Crippen LogP contribution in [-0.4, -0.2) is 24.5 Å². The Morgan fingerprint density at radius 2 is 1.81 bits per heavy atom. The quantitative estimate of drug-likeness (QED) is 0.754. The molecule has 0 atom stereocenters. The number of primary amides is 1. The minimum atomic E-state index is -1.07. The molecule has 0 aromatic heterocycles. The van der Waals surface area contributed by atoms with Gasteiger partial charge in [-0.25, -0.2) is 4.79 Å². The highest BCUT2D eigenvalue weighted by Crippen LogP contribution is 1.97. The normalized spacial score (nSPS) is 9.25. The zero-order valence-corrected chi connectivity index (χ0v) is 8.30. The lowest BCUT2D eigenvalue weighted by atomic mass is 10.2. The van der Waals surface area contributed by atoms with Gasteiger partial charge in [-0.15, -0.1) is 0 Å². The largest absolute Gasteiger partial charge is 0.440 e. The molecule has 0 radical (unpaired) electrons. The number of benzene rings is 1. The van der Waals surface area contributed by atoms with Gasteiger partial charge in [-0.1, -0.05) is 18.2 Å². The fourth-order valence-corrected chi connectivity index (χ4v) is 0.961. The average Bonchev–Trinajstić information content (AvgIpc) is 2.27. The maximum Gasteiger partial charge on any atom is 0.405 e. The van der Waals surface area contributed by atoms with Crippen molar-refractivity contribution in [3.05, 3.63) is 35.9 Å². The number of amides is 3. The maximum atomic E-state index is 11.4. The summed E-state index contributed by atoms with van der Waals surface area (Å²) in [6, 6.07) is 8.18. The number of carbonyl (C=O) groups excluding carboxylic acids is 3. The Kier molecular flexibility index (Phi) is 4.02. The number of nitrogens with one attached hydrogen (secondary N) is 1. The highest BCUT2D eigenvalue weighted by Gasteiger charge is 2.10. The Hall–Kier alpha value is -2.37. The maximum absolute atomic E-state index is 11.4. The van der Waals surface area contributed by atoms with E-state index in [1.165, 1.54) is 0 Å². The number of ether oxygens (including phenoxy) is 1. The van der Waals surface area contributed by atoms with E-state index >= 15 is 0 Å². The van der Waals surface area contributed by atoms with Crippen LogP contribution < -0.4 is 11.1 Å². The van der Waals surface area contributed by atoms with Crippen LogP contribution >= 0.6 is 0 Å². The third kappa shape index (κ3) is 3.79. The van der Waals surface area contributed by atoms with Gasteiger partial charge in [0.05, 0.1) is 0 Å². The van der Waals surface area contributed by atoms with Crippen LogP contribution in [0.1, 0.15) is 10.4 Å². The van der Waals surface area contributed by atoms with E-state index in [2.05, 4.69) is 10.5 Å². The van der Waals surface area contributed by atoms with Gasteiger partial charge in [0.25, 0.3) is 11.8 Å². The van der Waals surface area contributed by atoms with Gasteiger partial charge >= 0.3 is 6.09 Å². The molecule has 0 bridgehead atoms. The van der Waals surface area contributed by atoms with E-state index in [9.17, 15) is 14.4 Å². The molecule has 0 heterocycles. The summed E-state index contributed by atoms with van der Waals surface area (Å²) in [5.74, 6) is -1.29. The summed E-state index contributed by atoms with van der Waals surface area (Å²) in [7, 11) is 0. The first kappa shape index (κ1) is 11.7. The van der Waals surface area contributed by atoms with Crippen LogP contribution in [0.2, 0.25) is 0 Å². The van der Waals surface area contributed by atoms with Crippen molar-refractivity contribution in [3.63, 3.8) is 0 Å². The number of hydrogen-bond acceptors (Lipinski definition) is 4. The first-order valence-corrected chi connectivity index (χ1v) is 4.41. The Labute approximate surface area is 91.4 Å². The van der Waals surface area contributed by atoms with Crippen molar-refractivity contribution in [3.8, 4) is 0 Å². The lowest BCUT2D eigenvalue weighted by Gasteiger charge is -2.03. The third-order valence-electron chi connectivity index (χ3n) is 1.63. The lowest BCUT2D eigenvalue weighted by molar-refractivity contribution is -0.122. The minimum absolute atomic E-state index is 0.343. The van der Waals surface area contributed by atoms with Crippen molar-refractivity contribution < 1.29 is 19.1 Å². The van der Waals surface area contributed by atoms with Gasteiger partial charge in [0.2, 0.25) is 0 Å². The zero-order chi connectivity index (χ0) is 12.0. The number of hydrogen-bond donors (Lipinski definition) is 2. The number of carbonyl (C=O) groups is 3. The minimum Gasteiger partial charge on any atom is -0.440 e. The lowest BCUT2D eigenvalue weighted by Crippen LogP contribution is -2.34. The summed E-state index contributed by atoms with van der Waals surface area (Å²) >= 11 is 0. The van der Waals surface area contributed by atoms with Crippen molar-refractivity contribution in [1.29, 1.82) is 0 Å². The fraction of sp³-hybridized carbons (Fsp3) is 0.100. The van der Waals surface area contributed by atoms with Crippen LogP contribution in [0, 0.1) is 0 Å². The summed E-state index contributed by atoms with van der Waals surface area (Å²) < 4.78 is 4.21. The van der Waals surface area contributed by atoms with Gasteiger partial charge in [0.1, 0.15) is 0 Å². The third-order valence-corrected chi connectivity index (χ3v) is 1.63. The molecule has 1 rings (SSSR count). The van der Waals surface area contributed by atoms with E-state index in [0.717, 1.165) is 0 Å². The molecule has 0 aliphatic heterocycles. The monoisotopic (exact) mass is 222 g/mol. The molecule has 16 heavy (non-hydrogen) atoms. The van der Waals surface area contributed by atoms with Crippen LogP contribution in [0.3, 0.4) is 0 Å². The van der Waals surface area contributed by atoms with Crippen LogP contribution in [0.5, 0.6) is 0 Å². The number of rotatable bonds is 3. The molecular weight excluding hydrogens is 212 g/mol. The second kappa shape index (κ2) is 5.50. The van der Waals surface area contributed by atoms with E-state index < -0.39 is 24.5 Å². The molecule has 84 valence electrons. The first-order chi connectivity index (χ1) is 7.59. The molecule has 0 fully saturated rings. The second-order valence-corrected chi connectivity index (χ2v) is 2.85. The molecule has 0 aliphatic rings. The van der Waals surface area contributed by atoms with E-state index in [0.29, 0.717) is 5.56 Å². The van der Waals surface area contributed by atoms with Gasteiger partial charge in [0.15, 0.2) is 6.61 Å². The smallest absolute Gasteiger partial charge is 0.405 e. The van der Waals surface area contributed by atoms with Crippen molar-refractivity contribution in [2.45, 2.75) is 0 Å². The summed E-state index contributed by atoms with van der Waals surface area (Å²) in [6.07, 6.45) is -1.07. The van der Waals surface area contributed by atoms with Gasteiger partial charge in [-0.05, 0) is 12.1 Å². The van der Waals surface area contributed by atoms with E-state index in [4.69, 9.17) is 0 Å². The average molecular weight is 222 g/mol. The molecular formula is C10H10N2O4. The molecule has 3 amide bonds. The van der Waals surface area contributed by atoms with Crippen molar-refractivity contribution in [1.82, 2.24) is 5.32 Å². The van der Waals surface area contributed by atoms with E-state index in [1.54, 1.807) is 30.3 Å². The van der Waals surface area contributed by atoms with E-state index in [1.807, 2.05) is 5.32 Å². The molecule has 6 heteroatoms. The van der Waals surface area contributed by atoms with Crippen molar-refractivity contribution >= 4 is 17.9 Å². The first-order valence-electron chi connectivity index (χ1n) is 4.41. The Balaban J connectivity index is 2.46. The fourth-order valence-electron chi connectivity index (χ4n) is 0.961. The van der Waals surface area contributed by atoms with Gasteiger partial charge in [-0.2, -0.15) is 0 Å². The van der Waals surface area contributed by atoms with Crippen molar-refractivity contribution in [2.75, 3.05) is 6.61 Å². The SMILES string of the molecule is NC(=O)OCC(=O)NC(=O)c1ccccc1. The standard InChI is InChI=1S/C10H10N2O4/c11-10(15)16-6-8(13)12-9(14)7-4-2-1-3-5-7/h1-5H,6H2,(H2,11,15)(H,12,13,14). The molecule has 6 nitrogen and oxygen atoms in total. The Bertz CT molecular complexity index is 403. The summed E-state index contributed by atoms with van der Waals surface area (Å²) in [5, 5.41) is 2.04. The second-order valence-electron chi connectivity index (χ2n) is 2.85. The summed E-state index contributed by atoms with van der Waals surface area (Å²) in [5.41, 5.74) is 5.00. The van der Waals surface area contributed by atoms with Gasteiger partial charge < -0.3 is 10.5 Å². The molecule has 0 saturated carbocycles. The van der Waals surface area contributed by atoms with Gasteiger partial charge in [-0.3, -0.25) is 14.9 Å². The van der Waals surface area contributed by atoms with E-state index in [-0.39, 0.29) is 0 Å². The van der Waals surface area contributed by atoms with Crippen molar-refractivity contribution in [2.24, 2.45) is 5.73 Å². The number of imide groups is 1. The molecule has 0 unspecified atom stereocenters. The molecule has 3 N–H and O–H groups in total. The van der Waals surface area contributed by atoms with Crippen LogP contribution in [-0.2, 0) is 9.53 Å². The predicted molar refractivity (Wildman–Crippen MR) is 54.5 cm³/mol. The highest BCUT2D eigenvalue weighted by molar-refractivity contribution is 6.05. The van der Waals surface area contributed by atoms with Gasteiger partial charge in [0, 0.05) is 5.56 Å². The number of nitrogens with two attached hydrogens (primary N) is 1. The summed E-state index contributed by atoms with van der Waals surface area (Å²) in [4.78, 5) is 32.7. The Morgan fingerprint density at radius 3 is 2.38 bits per heavy atom. The van der Waals surface area contributed by atoms with Crippen LogP contribution in [0.4, 0.5) is 4.79 Å². The molecule has 1 aromatic rings. The molecule has 0 aliphatic carbocycles. The zero-order valence-electron chi connectivity index (χ0n) is 8.30. The van der Waals surface area contributed by atoms with Crippen LogP contribution in [0.15, 0.2) is 30.3 Å².